The summed E-state index contributed by atoms with van der Waals surface area (Å²) in [5.41, 5.74) is 6.30. The summed E-state index contributed by atoms with van der Waals surface area (Å²) in [5.74, 6) is 0.520. The maximum absolute atomic E-state index is 11.5. The highest BCUT2D eigenvalue weighted by molar-refractivity contribution is 5.89. The maximum Gasteiger partial charge on any atom is 0.225 e. The smallest absolute Gasteiger partial charge is 0.225 e. The standard InChI is InChI=1S/C13H23N5O/c1-18(2)9-8-15-11-5-6-12(16-10-11)17-13(19)4-3-7-14/h5-6,10,15H,3-4,7-9,14H2,1-2H3,(H,16,17,19). The van der Waals surface area contributed by atoms with E-state index in [4.69, 9.17) is 5.73 Å². The average Bonchev–Trinajstić information content (AvgIpc) is 2.38. The van der Waals surface area contributed by atoms with E-state index in [1.807, 2.05) is 20.2 Å². The molecule has 0 bridgehead atoms. The number of carbonyl (C=O) groups excluding carboxylic acids is 1. The zero-order valence-electron chi connectivity index (χ0n) is 11.6. The van der Waals surface area contributed by atoms with E-state index in [0.29, 0.717) is 25.2 Å². The van der Waals surface area contributed by atoms with Crippen molar-refractivity contribution in [1.82, 2.24) is 9.88 Å². The molecule has 0 aromatic carbocycles. The summed E-state index contributed by atoms with van der Waals surface area (Å²) in [4.78, 5) is 17.8. The van der Waals surface area contributed by atoms with Gasteiger partial charge in [-0.1, -0.05) is 0 Å². The second kappa shape index (κ2) is 8.44. The van der Waals surface area contributed by atoms with Gasteiger partial charge < -0.3 is 21.3 Å². The molecule has 1 aromatic heterocycles. The van der Waals surface area contributed by atoms with E-state index in [1.165, 1.54) is 0 Å². The highest BCUT2D eigenvalue weighted by atomic mass is 16.1. The fraction of sp³-hybridized carbons (Fsp3) is 0.538. The molecule has 0 aliphatic carbocycles. The highest BCUT2D eigenvalue weighted by Gasteiger charge is 2.02. The molecule has 6 heteroatoms. The lowest BCUT2D eigenvalue weighted by atomic mass is 10.3. The second-order valence-electron chi connectivity index (χ2n) is 4.60. The predicted octanol–water partition coefficient (Wildman–Crippen LogP) is 0.733. The number of hydrogen-bond donors (Lipinski definition) is 3. The summed E-state index contributed by atoms with van der Waals surface area (Å²) in [6.07, 6.45) is 2.84. The molecular formula is C13H23N5O. The molecule has 0 radical (unpaired) electrons. The van der Waals surface area contributed by atoms with Gasteiger partial charge in [-0.15, -0.1) is 0 Å². The molecule has 0 aliphatic rings. The number of aromatic nitrogens is 1. The molecule has 4 N–H and O–H groups in total. The Labute approximate surface area is 114 Å². The van der Waals surface area contributed by atoms with E-state index in [-0.39, 0.29) is 5.91 Å². The van der Waals surface area contributed by atoms with Crippen LogP contribution in [0.3, 0.4) is 0 Å². The van der Waals surface area contributed by atoms with Gasteiger partial charge in [-0.2, -0.15) is 0 Å². The van der Waals surface area contributed by atoms with Crippen molar-refractivity contribution in [3.63, 3.8) is 0 Å². The van der Waals surface area contributed by atoms with Crippen molar-refractivity contribution < 1.29 is 4.79 Å². The lowest BCUT2D eigenvalue weighted by Crippen LogP contribution is -2.20. The number of likely N-dealkylation sites (N-methyl/N-ethyl adjacent to an activating group) is 1. The van der Waals surface area contributed by atoms with Crippen LogP contribution in [-0.4, -0.2) is 49.5 Å². The molecule has 0 spiro atoms. The first-order valence-electron chi connectivity index (χ1n) is 6.46. The van der Waals surface area contributed by atoms with E-state index < -0.39 is 0 Å². The molecule has 0 fully saturated rings. The number of rotatable bonds is 8. The van der Waals surface area contributed by atoms with Gasteiger partial charge in [-0.3, -0.25) is 4.79 Å². The van der Waals surface area contributed by atoms with Crippen molar-refractivity contribution in [1.29, 1.82) is 0 Å². The van der Waals surface area contributed by atoms with Gasteiger partial charge in [0.25, 0.3) is 0 Å². The largest absolute Gasteiger partial charge is 0.383 e. The third kappa shape index (κ3) is 6.73. The summed E-state index contributed by atoms with van der Waals surface area (Å²) in [7, 11) is 4.06. The van der Waals surface area contributed by atoms with Crippen molar-refractivity contribution in [2.24, 2.45) is 5.73 Å². The Hall–Kier alpha value is -1.66. The van der Waals surface area contributed by atoms with Gasteiger partial charge in [0.1, 0.15) is 5.82 Å². The first kappa shape index (κ1) is 15.4. The fourth-order valence-corrected chi connectivity index (χ4v) is 1.46. The third-order valence-electron chi connectivity index (χ3n) is 2.53. The Morgan fingerprint density at radius 2 is 2.21 bits per heavy atom. The summed E-state index contributed by atoms with van der Waals surface area (Å²) in [5, 5.41) is 5.99. The van der Waals surface area contributed by atoms with E-state index in [2.05, 4.69) is 20.5 Å². The number of nitrogens with zero attached hydrogens (tertiary/aromatic N) is 2. The summed E-state index contributed by atoms with van der Waals surface area (Å²) in [6.45, 7) is 2.34. The first-order valence-corrected chi connectivity index (χ1v) is 6.46. The summed E-state index contributed by atoms with van der Waals surface area (Å²) in [6, 6.07) is 3.69. The van der Waals surface area contributed by atoms with Crippen LogP contribution in [0, 0.1) is 0 Å². The van der Waals surface area contributed by atoms with Crippen LogP contribution in [0.25, 0.3) is 0 Å². The van der Waals surface area contributed by atoms with E-state index >= 15 is 0 Å². The number of anilines is 2. The Balaban J connectivity index is 2.36. The lowest BCUT2D eigenvalue weighted by Gasteiger charge is -2.11. The lowest BCUT2D eigenvalue weighted by molar-refractivity contribution is -0.116. The minimum Gasteiger partial charge on any atom is -0.383 e. The summed E-state index contributed by atoms with van der Waals surface area (Å²) >= 11 is 0. The van der Waals surface area contributed by atoms with Crippen molar-refractivity contribution >= 4 is 17.4 Å². The fourth-order valence-electron chi connectivity index (χ4n) is 1.46. The number of nitrogens with one attached hydrogen (secondary N) is 2. The maximum atomic E-state index is 11.5. The molecule has 1 amide bonds. The molecule has 6 nitrogen and oxygen atoms in total. The molecule has 0 saturated carbocycles. The number of carbonyl (C=O) groups is 1. The molecule has 0 aliphatic heterocycles. The number of hydrogen-bond acceptors (Lipinski definition) is 5. The second-order valence-corrected chi connectivity index (χ2v) is 4.60. The third-order valence-corrected chi connectivity index (χ3v) is 2.53. The Morgan fingerprint density at radius 1 is 1.42 bits per heavy atom. The Kier molecular flexibility index (Phi) is 6.84. The van der Waals surface area contributed by atoms with Crippen LogP contribution in [0.2, 0.25) is 0 Å². The predicted molar refractivity (Wildman–Crippen MR) is 78.2 cm³/mol. The highest BCUT2D eigenvalue weighted by Crippen LogP contribution is 2.09. The van der Waals surface area contributed by atoms with Gasteiger partial charge in [0.05, 0.1) is 11.9 Å². The van der Waals surface area contributed by atoms with Crippen molar-refractivity contribution in [2.45, 2.75) is 12.8 Å². The van der Waals surface area contributed by atoms with Crippen LogP contribution < -0.4 is 16.4 Å². The van der Waals surface area contributed by atoms with E-state index in [1.54, 1.807) is 12.3 Å². The molecule has 1 aromatic rings. The van der Waals surface area contributed by atoms with Gasteiger partial charge in [0, 0.05) is 19.5 Å². The van der Waals surface area contributed by atoms with Crippen LogP contribution in [0.5, 0.6) is 0 Å². The molecule has 106 valence electrons. The quantitative estimate of drug-likeness (QED) is 0.645. The molecule has 0 saturated heterocycles. The van der Waals surface area contributed by atoms with Crippen LogP contribution in [0.4, 0.5) is 11.5 Å². The van der Waals surface area contributed by atoms with Gasteiger partial charge in [-0.05, 0) is 39.2 Å². The first-order chi connectivity index (χ1) is 9.11. The van der Waals surface area contributed by atoms with Crippen molar-refractivity contribution in [3.8, 4) is 0 Å². The van der Waals surface area contributed by atoms with Gasteiger partial charge in [-0.25, -0.2) is 4.98 Å². The number of pyridine rings is 1. The topological polar surface area (TPSA) is 83.3 Å². The molecule has 1 heterocycles. The number of nitrogens with two attached hydrogens (primary N) is 1. The Bertz CT molecular complexity index is 377. The summed E-state index contributed by atoms with van der Waals surface area (Å²) < 4.78 is 0. The molecule has 19 heavy (non-hydrogen) atoms. The molecule has 0 unspecified atom stereocenters. The van der Waals surface area contributed by atoms with Gasteiger partial charge in [0.2, 0.25) is 5.91 Å². The van der Waals surface area contributed by atoms with E-state index in [0.717, 1.165) is 18.8 Å². The zero-order valence-corrected chi connectivity index (χ0v) is 11.6. The van der Waals surface area contributed by atoms with Crippen LogP contribution >= 0.6 is 0 Å². The average molecular weight is 265 g/mol. The Morgan fingerprint density at radius 3 is 2.79 bits per heavy atom. The van der Waals surface area contributed by atoms with E-state index in [9.17, 15) is 4.79 Å². The molecular weight excluding hydrogens is 242 g/mol. The van der Waals surface area contributed by atoms with Crippen molar-refractivity contribution in [3.05, 3.63) is 18.3 Å². The van der Waals surface area contributed by atoms with Crippen LogP contribution in [0.15, 0.2) is 18.3 Å². The molecule has 0 atom stereocenters. The van der Waals surface area contributed by atoms with Gasteiger partial charge in [0.15, 0.2) is 0 Å². The van der Waals surface area contributed by atoms with Gasteiger partial charge >= 0.3 is 0 Å². The van der Waals surface area contributed by atoms with Crippen molar-refractivity contribution in [2.75, 3.05) is 44.4 Å². The van der Waals surface area contributed by atoms with Crippen LogP contribution in [-0.2, 0) is 4.79 Å². The minimum absolute atomic E-state index is 0.0498. The monoisotopic (exact) mass is 265 g/mol. The van der Waals surface area contributed by atoms with Crippen LogP contribution in [0.1, 0.15) is 12.8 Å². The molecule has 1 rings (SSSR count). The number of amides is 1. The zero-order chi connectivity index (χ0) is 14.1. The normalized spacial score (nSPS) is 10.5. The minimum atomic E-state index is -0.0498. The SMILES string of the molecule is CN(C)CCNc1ccc(NC(=O)CCCN)nc1.